The van der Waals surface area contributed by atoms with Gasteiger partial charge >= 0.3 is 0 Å². The molecule has 0 saturated carbocycles. The van der Waals surface area contributed by atoms with Gasteiger partial charge < -0.3 is 4.57 Å². The summed E-state index contributed by atoms with van der Waals surface area (Å²) in [7, 11) is 1.90. The first-order chi connectivity index (χ1) is 7.84. The first-order valence-corrected chi connectivity index (χ1v) is 4.74. The molecular weight excluding hydrogens is 204 g/mol. The quantitative estimate of drug-likeness (QED) is 0.597. The van der Waals surface area contributed by atoms with Crippen LogP contribution in [0.15, 0.2) is 31.2 Å². The maximum Gasteiger partial charge on any atom is 0.164 e. The van der Waals surface area contributed by atoms with Crippen LogP contribution in [0.4, 0.5) is 0 Å². The van der Waals surface area contributed by atoms with Crippen LogP contribution in [0, 0.1) is 0 Å². The number of hydrogen-bond donors (Lipinski definition) is 0. The molecule has 0 atom stereocenters. The molecule has 78 valence electrons. The highest BCUT2D eigenvalue weighted by atomic mass is 15.1. The van der Waals surface area contributed by atoms with Crippen molar-refractivity contribution < 1.29 is 0 Å². The number of nitrogens with zero attached hydrogens (tertiary/aromatic N) is 6. The van der Waals surface area contributed by atoms with Crippen LogP contribution in [-0.4, -0.2) is 29.5 Å². The monoisotopic (exact) mass is 212 g/mol. The average Bonchev–Trinajstić information content (AvgIpc) is 2.72. The minimum Gasteiger partial charge on any atom is -0.318 e. The Kier molecular flexibility index (Phi) is 1.86. The molecule has 6 heteroatoms. The van der Waals surface area contributed by atoms with Crippen molar-refractivity contribution in [3.63, 3.8) is 0 Å². The van der Waals surface area contributed by atoms with E-state index in [-0.39, 0.29) is 0 Å². The van der Waals surface area contributed by atoms with E-state index in [1.165, 1.54) is 6.33 Å². The SMILES string of the molecule is Cn1cnc2cnc(-c3cncnc3)nc21. The van der Waals surface area contributed by atoms with Crippen molar-refractivity contribution in [2.45, 2.75) is 0 Å². The van der Waals surface area contributed by atoms with Crippen LogP contribution in [0.5, 0.6) is 0 Å². The second-order valence-corrected chi connectivity index (χ2v) is 3.39. The molecule has 0 N–H and O–H groups in total. The summed E-state index contributed by atoms with van der Waals surface area (Å²) < 4.78 is 1.85. The van der Waals surface area contributed by atoms with Gasteiger partial charge in [-0.05, 0) is 0 Å². The van der Waals surface area contributed by atoms with Gasteiger partial charge in [0, 0.05) is 19.4 Å². The zero-order valence-electron chi connectivity index (χ0n) is 8.57. The summed E-state index contributed by atoms with van der Waals surface area (Å²) in [5.74, 6) is 0.608. The average molecular weight is 212 g/mol. The van der Waals surface area contributed by atoms with Crippen molar-refractivity contribution in [2.75, 3.05) is 0 Å². The Bertz CT molecular complexity index is 630. The number of aromatic nitrogens is 6. The second-order valence-electron chi connectivity index (χ2n) is 3.39. The lowest BCUT2D eigenvalue weighted by atomic mass is 10.3. The minimum absolute atomic E-state index is 0.608. The van der Waals surface area contributed by atoms with E-state index in [0.717, 1.165) is 16.7 Å². The Morgan fingerprint density at radius 3 is 2.69 bits per heavy atom. The molecule has 16 heavy (non-hydrogen) atoms. The van der Waals surface area contributed by atoms with Crippen LogP contribution in [0.1, 0.15) is 0 Å². The largest absolute Gasteiger partial charge is 0.318 e. The molecule has 3 aromatic heterocycles. The van der Waals surface area contributed by atoms with Gasteiger partial charge in [0.25, 0.3) is 0 Å². The Hall–Kier alpha value is -2.37. The van der Waals surface area contributed by atoms with Crippen LogP contribution >= 0.6 is 0 Å². The Labute approximate surface area is 91.1 Å². The van der Waals surface area contributed by atoms with Gasteiger partial charge in [0.15, 0.2) is 11.5 Å². The van der Waals surface area contributed by atoms with Crippen LogP contribution in [-0.2, 0) is 7.05 Å². The molecule has 0 aromatic carbocycles. The fourth-order valence-electron chi connectivity index (χ4n) is 1.47. The van der Waals surface area contributed by atoms with Crippen LogP contribution in [0.25, 0.3) is 22.6 Å². The van der Waals surface area contributed by atoms with E-state index >= 15 is 0 Å². The Balaban J connectivity index is 2.22. The molecule has 0 fully saturated rings. The van der Waals surface area contributed by atoms with Crippen molar-refractivity contribution >= 4 is 11.2 Å². The maximum atomic E-state index is 4.41. The molecule has 0 radical (unpaired) electrons. The number of imidazole rings is 1. The van der Waals surface area contributed by atoms with Crippen molar-refractivity contribution in [1.82, 2.24) is 29.5 Å². The fourth-order valence-corrected chi connectivity index (χ4v) is 1.47. The van der Waals surface area contributed by atoms with Crippen molar-refractivity contribution in [3.8, 4) is 11.4 Å². The van der Waals surface area contributed by atoms with E-state index in [2.05, 4.69) is 24.9 Å². The van der Waals surface area contributed by atoms with Gasteiger partial charge in [0.1, 0.15) is 11.8 Å². The predicted molar refractivity (Wildman–Crippen MR) is 57.3 cm³/mol. The summed E-state index contributed by atoms with van der Waals surface area (Å²) in [6.07, 6.45) is 8.26. The molecule has 0 aliphatic carbocycles. The minimum atomic E-state index is 0.608. The molecule has 3 rings (SSSR count). The van der Waals surface area contributed by atoms with E-state index in [9.17, 15) is 0 Å². The van der Waals surface area contributed by atoms with Crippen molar-refractivity contribution in [1.29, 1.82) is 0 Å². The molecule has 3 aromatic rings. The van der Waals surface area contributed by atoms with Gasteiger partial charge in [0.2, 0.25) is 0 Å². The zero-order chi connectivity index (χ0) is 11.0. The van der Waals surface area contributed by atoms with Gasteiger partial charge in [-0.2, -0.15) is 0 Å². The number of hydrogen-bond acceptors (Lipinski definition) is 5. The van der Waals surface area contributed by atoms with Gasteiger partial charge in [-0.25, -0.2) is 24.9 Å². The first kappa shape index (κ1) is 8.90. The summed E-state index contributed by atoms with van der Waals surface area (Å²) in [5.41, 5.74) is 2.38. The highest BCUT2D eigenvalue weighted by Crippen LogP contribution is 2.15. The summed E-state index contributed by atoms with van der Waals surface area (Å²) in [4.78, 5) is 20.7. The number of rotatable bonds is 1. The molecule has 0 aliphatic heterocycles. The maximum absolute atomic E-state index is 4.41. The number of fused-ring (bicyclic) bond motifs is 1. The van der Waals surface area contributed by atoms with Crippen LogP contribution < -0.4 is 0 Å². The van der Waals surface area contributed by atoms with Gasteiger partial charge in [0.05, 0.1) is 18.1 Å². The first-order valence-electron chi connectivity index (χ1n) is 4.74. The lowest BCUT2D eigenvalue weighted by Crippen LogP contribution is -1.94. The molecule has 0 bridgehead atoms. The highest BCUT2D eigenvalue weighted by Gasteiger charge is 2.06. The van der Waals surface area contributed by atoms with E-state index in [1.807, 2.05) is 11.6 Å². The molecule has 0 saturated heterocycles. The second kappa shape index (κ2) is 3.34. The lowest BCUT2D eigenvalue weighted by Gasteiger charge is -1.98. The molecule has 0 amide bonds. The van der Waals surface area contributed by atoms with E-state index < -0.39 is 0 Å². The molecule has 0 unspecified atom stereocenters. The summed E-state index contributed by atoms with van der Waals surface area (Å²) in [6, 6.07) is 0. The summed E-state index contributed by atoms with van der Waals surface area (Å²) >= 11 is 0. The predicted octanol–water partition coefficient (Wildman–Crippen LogP) is 0.820. The van der Waals surface area contributed by atoms with Gasteiger partial charge in [-0.1, -0.05) is 0 Å². The molecule has 0 aliphatic rings. The number of aryl methyl sites for hydroxylation is 1. The summed E-state index contributed by atoms with van der Waals surface area (Å²) in [6.45, 7) is 0. The normalized spacial score (nSPS) is 10.8. The van der Waals surface area contributed by atoms with Crippen molar-refractivity contribution in [3.05, 3.63) is 31.2 Å². The third-order valence-corrected chi connectivity index (χ3v) is 2.27. The standard InChI is InChI=1S/C10H8N6/c1-16-6-14-8-4-13-9(15-10(8)16)7-2-11-5-12-3-7/h2-6H,1H3. The van der Waals surface area contributed by atoms with Crippen molar-refractivity contribution in [2.24, 2.45) is 7.05 Å². The Morgan fingerprint density at radius 1 is 1.06 bits per heavy atom. The van der Waals surface area contributed by atoms with Crippen LogP contribution in [0.2, 0.25) is 0 Å². The molecule has 3 heterocycles. The van der Waals surface area contributed by atoms with Gasteiger partial charge in [-0.3, -0.25) is 0 Å². The van der Waals surface area contributed by atoms with Crippen LogP contribution in [0.3, 0.4) is 0 Å². The molecule has 0 spiro atoms. The molecular formula is C10H8N6. The zero-order valence-corrected chi connectivity index (χ0v) is 8.57. The Morgan fingerprint density at radius 2 is 1.88 bits per heavy atom. The fraction of sp³-hybridized carbons (Fsp3) is 0.100. The van der Waals surface area contributed by atoms with E-state index in [0.29, 0.717) is 5.82 Å². The van der Waals surface area contributed by atoms with Gasteiger partial charge in [-0.15, -0.1) is 0 Å². The topological polar surface area (TPSA) is 69.4 Å². The van der Waals surface area contributed by atoms with E-state index in [1.54, 1.807) is 24.9 Å². The molecule has 6 nitrogen and oxygen atoms in total. The smallest absolute Gasteiger partial charge is 0.164 e. The third-order valence-electron chi connectivity index (χ3n) is 2.27. The van der Waals surface area contributed by atoms with E-state index in [4.69, 9.17) is 0 Å². The summed E-state index contributed by atoms with van der Waals surface area (Å²) in [5, 5.41) is 0. The third kappa shape index (κ3) is 1.31. The highest BCUT2D eigenvalue weighted by molar-refractivity contribution is 5.72. The lowest BCUT2D eigenvalue weighted by molar-refractivity contribution is 0.928.